The quantitative estimate of drug-likeness (QED) is 0.784. The van der Waals surface area contributed by atoms with Crippen LogP contribution in [-0.4, -0.2) is 27.9 Å². The van der Waals surface area contributed by atoms with E-state index in [9.17, 15) is 4.79 Å². The Labute approximate surface area is 149 Å². The lowest BCUT2D eigenvalue weighted by molar-refractivity contribution is 0.0985. The maximum atomic E-state index is 12.0. The predicted octanol–water partition coefficient (Wildman–Crippen LogP) is 3.15. The van der Waals surface area contributed by atoms with Crippen molar-refractivity contribution in [2.45, 2.75) is 25.0 Å². The SMILES string of the molecule is NCC1N=NC(=O)c2ccc(-c3cnc4ccc(OC5CC5)cn34)cc21. The Morgan fingerprint density at radius 1 is 1.23 bits per heavy atom. The van der Waals surface area contributed by atoms with E-state index in [1.165, 1.54) is 0 Å². The van der Waals surface area contributed by atoms with E-state index in [0.717, 1.165) is 41.1 Å². The van der Waals surface area contributed by atoms with Crippen LogP contribution in [0.3, 0.4) is 0 Å². The fraction of sp³-hybridized carbons (Fsp3) is 0.263. The molecule has 0 spiro atoms. The summed E-state index contributed by atoms with van der Waals surface area (Å²) in [7, 11) is 0. The van der Waals surface area contributed by atoms with E-state index in [4.69, 9.17) is 10.5 Å². The van der Waals surface area contributed by atoms with Gasteiger partial charge in [0, 0.05) is 17.7 Å². The number of rotatable bonds is 4. The smallest absolute Gasteiger partial charge is 0.295 e. The standard InChI is InChI=1S/C19H17N5O2/c20-8-16-15-7-11(1-5-14(15)19(25)23-22-16)17-9-21-18-6-4-13(10-24(17)18)26-12-2-3-12/h1,4-7,9-10,12,16H,2-3,8,20H2. The molecule has 2 aromatic heterocycles. The number of aromatic nitrogens is 2. The van der Waals surface area contributed by atoms with Gasteiger partial charge in [-0.2, -0.15) is 5.11 Å². The Bertz CT molecular complexity index is 1050. The van der Waals surface area contributed by atoms with Crippen molar-refractivity contribution in [1.29, 1.82) is 0 Å². The summed E-state index contributed by atoms with van der Waals surface area (Å²) >= 11 is 0. The van der Waals surface area contributed by atoms with Crippen LogP contribution in [0.1, 0.15) is 34.8 Å². The third kappa shape index (κ3) is 2.48. The molecule has 1 aliphatic heterocycles. The van der Waals surface area contributed by atoms with Crippen molar-refractivity contribution in [3.05, 3.63) is 53.9 Å². The Morgan fingerprint density at radius 2 is 2.12 bits per heavy atom. The van der Waals surface area contributed by atoms with Gasteiger partial charge in [-0.25, -0.2) is 4.98 Å². The van der Waals surface area contributed by atoms with Crippen LogP contribution in [0.4, 0.5) is 0 Å². The second-order valence-corrected chi connectivity index (χ2v) is 6.63. The lowest BCUT2D eigenvalue weighted by Gasteiger charge is -2.17. The van der Waals surface area contributed by atoms with Gasteiger partial charge in [0.25, 0.3) is 5.91 Å². The van der Waals surface area contributed by atoms with E-state index in [2.05, 4.69) is 15.2 Å². The van der Waals surface area contributed by atoms with Crippen LogP contribution in [0.25, 0.3) is 16.9 Å². The zero-order valence-electron chi connectivity index (χ0n) is 14.0. The number of imidazole rings is 1. The highest BCUT2D eigenvalue weighted by atomic mass is 16.5. The minimum atomic E-state index is -0.325. The van der Waals surface area contributed by atoms with Crippen LogP contribution in [0, 0.1) is 0 Å². The summed E-state index contributed by atoms with van der Waals surface area (Å²) in [5.74, 6) is 0.510. The molecular weight excluding hydrogens is 330 g/mol. The number of fused-ring (bicyclic) bond motifs is 2. The minimum Gasteiger partial charge on any atom is -0.489 e. The maximum Gasteiger partial charge on any atom is 0.295 e. The van der Waals surface area contributed by atoms with Gasteiger partial charge in [-0.05, 0) is 42.7 Å². The van der Waals surface area contributed by atoms with Gasteiger partial charge in [-0.3, -0.25) is 9.20 Å². The zero-order valence-corrected chi connectivity index (χ0v) is 14.0. The van der Waals surface area contributed by atoms with Crippen molar-refractivity contribution in [3.63, 3.8) is 0 Å². The van der Waals surface area contributed by atoms with Gasteiger partial charge in [0.15, 0.2) is 0 Å². The van der Waals surface area contributed by atoms with Crippen LogP contribution < -0.4 is 10.5 Å². The van der Waals surface area contributed by atoms with Gasteiger partial charge in [-0.1, -0.05) is 6.07 Å². The Morgan fingerprint density at radius 3 is 2.92 bits per heavy atom. The Balaban J connectivity index is 1.60. The highest BCUT2D eigenvalue weighted by Crippen LogP contribution is 2.32. The summed E-state index contributed by atoms with van der Waals surface area (Å²) < 4.78 is 7.90. The molecule has 5 rings (SSSR count). The summed E-state index contributed by atoms with van der Waals surface area (Å²) in [5.41, 5.74) is 9.88. The summed E-state index contributed by atoms with van der Waals surface area (Å²) in [4.78, 5) is 16.4. The van der Waals surface area contributed by atoms with Crippen LogP contribution in [0.5, 0.6) is 5.75 Å². The van der Waals surface area contributed by atoms with Crippen molar-refractivity contribution in [3.8, 4) is 17.0 Å². The topological polar surface area (TPSA) is 94.3 Å². The average molecular weight is 347 g/mol. The van der Waals surface area contributed by atoms with E-state index < -0.39 is 0 Å². The lowest BCUT2D eigenvalue weighted by Crippen LogP contribution is -2.17. The van der Waals surface area contributed by atoms with Gasteiger partial charge < -0.3 is 10.5 Å². The lowest BCUT2D eigenvalue weighted by atomic mass is 9.95. The number of azo groups is 1. The molecule has 1 aliphatic carbocycles. The van der Waals surface area contributed by atoms with Crippen molar-refractivity contribution in [2.75, 3.05) is 6.54 Å². The molecule has 26 heavy (non-hydrogen) atoms. The molecule has 2 N–H and O–H groups in total. The average Bonchev–Trinajstić information content (AvgIpc) is 3.38. The molecule has 3 heterocycles. The number of amides is 1. The number of nitrogens with zero attached hydrogens (tertiary/aromatic N) is 4. The van der Waals surface area contributed by atoms with Crippen LogP contribution in [0.2, 0.25) is 0 Å². The molecule has 1 amide bonds. The second kappa shape index (κ2) is 5.74. The van der Waals surface area contributed by atoms with E-state index in [1.807, 2.05) is 41.1 Å². The van der Waals surface area contributed by atoms with Gasteiger partial charge in [0.05, 0.1) is 24.2 Å². The van der Waals surface area contributed by atoms with Gasteiger partial charge in [-0.15, -0.1) is 5.11 Å². The van der Waals surface area contributed by atoms with Crippen LogP contribution in [0.15, 0.2) is 53.0 Å². The summed E-state index contributed by atoms with van der Waals surface area (Å²) in [6.45, 7) is 0.305. The Hall–Kier alpha value is -3.06. The fourth-order valence-electron chi connectivity index (χ4n) is 3.23. The highest BCUT2D eigenvalue weighted by Gasteiger charge is 2.25. The second-order valence-electron chi connectivity index (χ2n) is 6.63. The van der Waals surface area contributed by atoms with Crippen molar-refractivity contribution in [1.82, 2.24) is 9.38 Å². The largest absolute Gasteiger partial charge is 0.489 e. The summed E-state index contributed by atoms with van der Waals surface area (Å²) in [6.07, 6.45) is 6.35. The third-order valence-corrected chi connectivity index (χ3v) is 4.75. The first-order chi connectivity index (χ1) is 12.7. The van der Waals surface area contributed by atoms with Gasteiger partial charge in [0.2, 0.25) is 0 Å². The molecule has 1 saturated carbocycles. The van der Waals surface area contributed by atoms with Crippen molar-refractivity contribution >= 4 is 11.6 Å². The van der Waals surface area contributed by atoms with Gasteiger partial charge >= 0.3 is 0 Å². The van der Waals surface area contributed by atoms with E-state index >= 15 is 0 Å². The molecule has 3 aromatic rings. The zero-order chi connectivity index (χ0) is 17.7. The Kier molecular flexibility index (Phi) is 3.36. The first-order valence-corrected chi connectivity index (χ1v) is 8.66. The molecule has 130 valence electrons. The van der Waals surface area contributed by atoms with Crippen molar-refractivity contribution < 1.29 is 9.53 Å². The first-order valence-electron chi connectivity index (χ1n) is 8.66. The maximum absolute atomic E-state index is 12.0. The molecule has 1 aromatic carbocycles. The number of carbonyl (C=O) groups is 1. The summed E-state index contributed by atoms with van der Waals surface area (Å²) in [6, 6.07) is 9.25. The molecule has 7 nitrogen and oxygen atoms in total. The first kappa shape index (κ1) is 15.2. The normalized spacial score (nSPS) is 19.0. The number of benzene rings is 1. The monoisotopic (exact) mass is 347 g/mol. The molecule has 0 saturated heterocycles. The molecule has 1 unspecified atom stereocenters. The van der Waals surface area contributed by atoms with E-state index in [1.54, 1.807) is 6.07 Å². The number of carbonyl (C=O) groups excluding carboxylic acids is 1. The predicted molar refractivity (Wildman–Crippen MR) is 95.3 cm³/mol. The van der Waals surface area contributed by atoms with Crippen LogP contribution >= 0.6 is 0 Å². The highest BCUT2D eigenvalue weighted by molar-refractivity contribution is 5.97. The molecule has 2 aliphatic rings. The fourth-order valence-corrected chi connectivity index (χ4v) is 3.23. The van der Waals surface area contributed by atoms with Crippen molar-refractivity contribution in [2.24, 2.45) is 16.0 Å². The van der Waals surface area contributed by atoms with E-state index in [-0.39, 0.29) is 11.9 Å². The third-order valence-electron chi connectivity index (χ3n) is 4.75. The molecule has 0 radical (unpaired) electrons. The van der Waals surface area contributed by atoms with Crippen LogP contribution in [-0.2, 0) is 0 Å². The van der Waals surface area contributed by atoms with Gasteiger partial charge in [0.1, 0.15) is 17.4 Å². The minimum absolute atomic E-state index is 0.296. The number of nitrogens with two attached hydrogens (primary N) is 1. The number of ether oxygens (including phenoxy) is 1. The molecule has 1 fully saturated rings. The number of pyridine rings is 1. The number of hydrogen-bond acceptors (Lipinski definition) is 5. The molecule has 0 bridgehead atoms. The molecular formula is C19H17N5O2. The van der Waals surface area contributed by atoms with E-state index in [0.29, 0.717) is 18.2 Å². The number of hydrogen-bond donors (Lipinski definition) is 1. The summed E-state index contributed by atoms with van der Waals surface area (Å²) in [5, 5.41) is 7.70. The molecule has 1 atom stereocenters. The molecule has 7 heteroatoms.